The Labute approximate surface area is 183 Å². The molecule has 0 unspecified atom stereocenters. The molecule has 0 aliphatic rings. The normalized spacial score (nSPS) is 8.19. The van der Waals surface area contributed by atoms with Gasteiger partial charge in [-0.1, -0.05) is 40.5 Å². The van der Waals surface area contributed by atoms with Crippen molar-refractivity contribution >= 4 is 34.1 Å². The van der Waals surface area contributed by atoms with Crippen LogP contribution < -0.4 is 27.7 Å². The number of rotatable bonds is 2. The minimum Gasteiger partial charge on any atom is -0.545 e. The molecule has 3 aromatic rings. The standard InChI is InChI=1S/C8H7N3O2.C8H7NO4.3CH4.N2.H2O/c9-5-3-1-2-4-6(5)8(13)11-10-7(4)12;9-5-3-1-2-4(7(10)11)6(5)8(12)13;;;;1-2;/h1-3H,9H2,(H,10,12)(H,11,13);1-3H,9H2,(H,10,11)(H,12,13);3*1H4;;1H2/p-1. The van der Waals surface area contributed by atoms with Crippen molar-refractivity contribution in [2.24, 2.45) is 0 Å². The first-order valence-corrected chi connectivity index (χ1v) is 7.26. The lowest BCUT2D eigenvalue weighted by atomic mass is 10.1. The van der Waals surface area contributed by atoms with Gasteiger partial charge < -0.3 is 32.0 Å². The predicted octanol–water partition coefficient (Wildman–Crippen LogP) is 0.243. The number of aromatic amines is 2. The van der Waals surface area contributed by atoms with Crippen LogP contribution in [-0.4, -0.2) is 32.7 Å². The number of benzene rings is 2. The summed E-state index contributed by atoms with van der Waals surface area (Å²) < 4.78 is 0. The van der Waals surface area contributed by atoms with Gasteiger partial charge in [0.1, 0.15) is 0 Å². The zero-order valence-corrected chi connectivity index (χ0v) is 14.5. The smallest absolute Gasteiger partial charge is 0.338 e. The number of hydrogen-bond donors (Lipinski definition) is 5. The molecule has 0 fully saturated rings. The largest absolute Gasteiger partial charge is 0.545 e. The van der Waals surface area contributed by atoms with Crippen LogP contribution in [0, 0.1) is 10.8 Å². The molecule has 0 aliphatic heterocycles. The molecule has 2 aromatic carbocycles. The monoisotopic (exact) mass is 451 g/mol. The third-order valence-electron chi connectivity index (χ3n) is 3.39. The van der Waals surface area contributed by atoms with E-state index in [0.717, 1.165) is 6.07 Å². The summed E-state index contributed by atoms with van der Waals surface area (Å²) in [7, 11) is 0. The Morgan fingerprint density at radius 2 is 1.34 bits per heavy atom. The van der Waals surface area contributed by atoms with Crippen LogP contribution in [0.3, 0.4) is 0 Å². The van der Waals surface area contributed by atoms with Crippen LogP contribution in [0.25, 0.3) is 10.8 Å². The van der Waals surface area contributed by atoms with Crippen molar-refractivity contribution in [1.29, 1.82) is 10.8 Å². The number of H-pyrrole nitrogens is 2. The summed E-state index contributed by atoms with van der Waals surface area (Å²) in [6, 6.07) is 8.57. The quantitative estimate of drug-likeness (QED) is 0.261. The van der Waals surface area contributed by atoms with Gasteiger partial charge in [0.05, 0.1) is 22.3 Å². The third kappa shape index (κ3) is 7.61. The molecule has 0 aliphatic carbocycles. The lowest BCUT2D eigenvalue weighted by molar-refractivity contribution is -0.255. The molecule has 0 spiro atoms. The Balaban J connectivity index is -0.000000204. The van der Waals surface area contributed by atoms with Crippen molar-refractivity contribution < 1.29 is 25.3 Å². The van der Waals surface area contributed by atoms with Gasteiger partial charge in [-0.15, -0.1) is 0 Å². The molecule has 3 rings (SSSR count). The minimum absolute atomic E-state index is 0. The van der Waals surface area contributed by atoms with E-state index in [4.69, 9.17) is 27.4 Å². The first-order valence-electron chi connectivity index (χ1n) is 7.26. The van der Waals surface area contributed by atoms with Gasteiger partial charge in [0.2, 0.25) is 0 Å². The number of carboxylic acid groups (broad SMARTS) is 2. The summed E-state index contributed by atoms with van der Waals surface area (Å²) in [5, 5.41) is 36.1. The van der Waals surface area contributed by atoms with Crippen LogP contribution in [0.5, 0.6) is 0 Å². The Bertz CT molecular complexity index is 1170. The number of anilines is 2. The van der Waals surface area contributed by atoms with Crippen LogP contribution in [0.15, 0.2) is 46.0 Å². The summed E-state index contributed by atoms with van der Waals surface area (Å²) in [6.45, 7) is 0. The van der Waals surface area contributed by atoms with E-state index < -0.39 is 23.1 Å². The third-order valence-corrected chi connectivity index (χ3v) is 3.39. The average Bonchev–Trinajstić information content (AvgIpc) is 2.66. The van der Waals surface area contributed by atoms with Crippen LogP contribution in [-0.2, 0) is 0 Å². The van der Waals surface area contributed by atoms with Crippen molar-refractivity contribution in [3.05, 3.63) is 68.2 Å². The number of nitrogens with one attached hydrogen (secondary N) is 2. The summed E-state index contributed by atoms with van der Waals surface area (Å²) in [4.78, 5) is 43.5. The highest BCUT2D eigenvalue weighted by atomic mass is 16.4. The van der Waals surface area contributed by atoms with E-state index in [9.17, 15) is 24.3 Å². The summed E-state index contributed by atoms with van der Waals surface area (Å²) >= 11 is 0. The van der Waals surface area contributed by atoms with Crippen molar-refractivity contribution in [3.63, 3.8) is 0 Å². The SMILES string of the molecule is C.C.C.N#N.Nc1cccc(C(=O)[O-])c1C(=O)O.Nc1cccc2c(=O)[nH][nH]c(=O)c12.O. The van der Waals surface area contributed by atoms with Crippen LogP contribution in [0.1, 0.15) is 43.0 Å². The number of nitrogens with zero attached hydrogens (tertiary/aromatic N) is 2. The van der Waals surface area contributed by atoms with Gasteiger partial charge in [-0.05, 0) is 18.2 Å². The minimum atomic E-state index is -1.55. The van der Waals surface area contributed by atoms with Crippen molar-refractivity contribution in [2.45, 2.75) is 22.3 Å². The zero-order chi connectivity index (χ0) is 21.4. The number of carbonyl (C=O) groups is 2. The molecule has 0 saturated heterocycles. The first kappa shape index (κ1) is 34.8. The second kappa shape index (κ2) is 15.2. The maximum atomic E-state index is 11.2. The van der Waals surface area contributed by atoms with E-state index >= 15 is 0 Å². The Morgan fingerprint density at radius 1 is 0.875 bits per heavy atom. The average molecular weight is 451 g/mol. The lowest BCUT2D eigenvalue weighted by Gasteiger charge is -2.08. The van der Waals surface area contributed by atoms with Crippen LogP contribution in [0.4, 0.5) is 11.4 Å². The molecular formula is C19H27N6O7-. The second-order valence-electron chi connectivity index (χ2n) is 5.04. The molecular weight excluding hydrogens is 424 g/mol. The van der Waals surface area contributed by atoms with Gasteiger partial charge in [-0.2, -0.15) is 0 Å². The number of nitrogen functional groups attached to an aromatic ring is 2. The van der Waals surface area contributed by atoms with Gasteiger partial charge in [0.25, 0.3) is 11.1 Å². The van der Waals surface area contributed by atoms with E-state index in [0.29, 0.717) is 11.1 Å². The molecule has 9 N–H and O–H groups in total. The number of aromatic carboxylic acids is 2. The highest BCUT2D eigenvalue weighted by Gasteiger charge is 2.13. The number of carboxylic acids is 2. The van der Waals surface area contributed by atoms with Crippen LogP contribution >= 0.6 is 0 Å². The molecule has 1 heterocycles. The Hall–Kier alpha value is -4.70. The van der Waals surface area contributed by atoms with Gasteiger partial charge in [0, 0.05) is 27.7 Å². The van der Waals surface area contributed by atoms with E-state index in [2.05, 4.69) is 10.2 Å². The maximum absolute atomic E-state index is 11.2. The van der Waals surface area contributed by atoms with Gasteiger partial charge in [0.15, 0.2) is 0 Å². The second-order valence-corrected chi connectivity index (χ2v) is 5.04. The molecule has 1 aromatic heterocycles. The van der Waals surface area contributed by atoms with E-state index in [1.807, 2.05) is 0 Å². The Kier molecular flexibility index (Phi) is 16.5. The zero-order valence-electron chi connectivity index (χ0n) is 14.5. The van der Waals surface area contributed by atoms with Crippen molar-refractivity contribution in [1.82, 2.24) is 10.2 Å². The molecule has 176 valence electrons. The number of carbonyl (C=O) groups excluding carboxylic acids is 1. The topological polar surface area (TPSA) is 274 Å². The maximum Gasteiger partial charge on any atom is 0.338 e. The van der Waals surface area contributed by atoms with Crippen molar-refractivity contribution in [3.8, 4) is 0 Å². The fraction of sp³-hybridized carbons (Fsp3) is 0.158. The number of fused-ring (bicyclic) bond motifs is 1. The molecule has 13 nitrogen and oxygen atoms in total. The van der Waals surface area contributed by atoms with Gasteiger partial charge >= 0.3 is 5.97 Å². The molecule has 0 atom stereocenters. The molecule has 0 bridgehead atoms. The molecule has 0 amide bonds. The van der Waals surface area contributed by atoms with Gasteiger partial charge in [-0.3, -0.25) is 19.8 Å². The fourth-order valence-corrected chi connectivity index (χ4v) is 2.24. The highest BCUT2D eigenvalue weighted by Crippen LogP contribution is 2.16. The Morgan fingerprint density at radius 3 is 1.78 bits per heavy atom. The number of hydrogen-bond acceptors (Lipinski definition) is 9. The summed E-state index contributed by atoms with van der Waals surface area (Å²) in [6.07, 6.45) is 0. The lowest BCUT2D eigenvalue weighted by Crippen LogP contribution is -2.25. The fourth-order valence-electron chi connectivity index (χ4n) is 2.24. The summed E-state index contributed by atoms with van der Waals surface area (Å²) in [5.74, 6) is -2.93. The highest BCUT2D eigenvalue weighted by molar-refractivity contribution is 6.04. The number of nitrogens with two attached hydrogens (primary N) is 2. The van der Waals surface area contributed by atoms with Crippen LogP contribution in [0.2, 0.25) is 0 Å². The van der Waals surface area contributed by atoms with E-state index in [-0.39, 0.29) is 49.9 Å². The van der Waals surface area contributed by atoms with E-state index in [1.54, 1.807) is 18.2 Å². The first-order chi connectivity index (χ1) is 13.2. The molecule has 32 heavy (non-hydrogen) atoms. The molecule has 0 saturated carbocycles. The predicted molar refractivity (Wildman–Crippen MR) is 119 cm³/mol. The number of aromatic nitrogens is 2. The molecule has 0 radical (unpaired) electrons. The molecule has 13 heteroatoms. The summed E-state index contributed by atoms with van der Waals surface area (Å²) in [5.41, 5.74) is 9.50. The van der Waals surface area contributed by atoms with E-state index in [1.165, 1.54) is 12.1 Å². The van der Waals surface area contributed by atoms with Gasteiger partial charge in [-0.25, -0.2) is 4.79 Å². The van der Waals surface area contributed by atoms with Crippen molar-refractivity contribution in [2.75, 3.05) is 11.5 Å².